The Labute approximate surface area is 346 Å². The minimum Gasteiger partial charge on any atom is -0.444 e. The third-order valence-electron chi connectivity index (χ3n) is 7.77. The first-order valence-electron chi connectivity index (χ1n) is 19.6. The molecule has 0 unspecified atom stereocenters. The summed E-state index contributed by atoms with van der Waals surface area (Å²) in [4.78, 5) is 24.8. The molecule has 0 saturated carbocycles. The van der Waals surface area contributed by atoms with Crippen LogP contribution in [-0.4, -0.2) is 51.1 Å². The van der Waals surface area contributed by atoms with Crippen LogP contribution in [0.25, 0.3) is 0 Å². The number of nitrogens with two attached hydrogens (primary N) is 1. The largest absolute Gasteiger partial charge is 0.444 e. The van der Waals surface area contributed by atoms with Crippen molar-refractivity contribution in [1.29, 1.82) is 0 Å². The average molecular weight is 816 g/mol. The summed E-state index contributed by atoms with van der Waals surface area (Å²) >= 11 is 0. The molecular weight excluding hydrogens is 743 g/mol. The van der Waals surface area contributed by atoms with Crippen molar-refractivity contribution in [3.05, 3.63) is 52.0 Å². The van der Waals surface area contributed by atoms with Crippen LogP contribution in [0, 0.1) is 13.8 Å². The predicted molar refractivity (Wildman–Crippen MR) is 229 cm³/mol. The quantitative estimate of drug-likeness (QED) is 0.198. The van der Waals surface area contributed by atoms with Gasteiger partial charge in [0.25, 0.3) is 0 Å². The zero-order valence-corrected chi connectivity index (χ0v) is 39.4. The van der Waals surface area contributed by atoms with E-state index in [0.29, 0.717) is 17.5 Å². The molecule has 58 heavy (non-hydrogen) atoms. The fourth-order valence-corrected chi connectivity index (χ4v) is 4.63. The van der Waals surface area contributed by atoms with Gasteiger partial charge in [-0.25, -0.2) is 9.59 Å². The van der Waals surface area contributed by atoms with Gasteiger partial charge in [0.2, 0.25) is 0 Å². The molecule has 0 aromatic carbocycles. The number of rotatable bonds is 3. The summed E-state index contributed by atoms with van der Waals surface area (Å²) < 4.78 is 31.2. The van der Waals surface area contributed by atoms with Gasteiger partial charge in [0.05, 0.1) is 5.69 Å². The number of aromatic nitrogens is 4. The lowest BCUT2D eigenvalue weighted by atomic mass is 9.91. The van der Waals surface area contributed by atoms with Crippen molar-refractivity contribution in [1.82, 2.24) is 20.6 Å². The topological polar surface area (TPSA) is 198 Å². The summed E-state index contributed by atoms with van der Waals surface area (Å²) in [5.74, 6) is 4.68. The maximum Gasteiger partial charge on any atom is 0.415 e. The van der Waals surface area contributed by atoms with E-state index >= 15 is 0 Å². The minimum atomic E-state index is -0.533. The number of carbonyl (C=O) groups is 2. The number of nitrogen functional groups attached to an aromatic ring is 1. The summed E-state index contributed by atoms with van der Waals surface area (Å²) in [5.41, 5.74) is 7.09. The van der Waals surface area contributed by atoms with E-state index in [9.17, 15) is 9.59 Å². The molecule has 0 saturated heterocycles. The standard InChI is InChI=1S/2C13H22N2O3.C9H15NO.C8H14N2O/c1-12(2,3)9-8-10(14-18-9)15(7)11(16)17-13(4,5)6;1-8-9(12(2,3)4)18-15-10(8)14-11(16)17-13(5,6)7;1-5-7-6-8(11-10-7)9(2,3)4;1-5-6(8(2,3)4)11-10-7(5)9/h8H,1-7H3;1-7H3,(H,14,15,16);6H,5H2,1-4H3;1-4H3,(H2,9,10). The number of aryl methyl sites for hydroxylation is 1. The first-order chi connectivity index (χ1) is 26.0. The highest BCUT2D eigenvalue weighted by atomic mass is 16.6. The number of hydrogen-bond donors (Lipinski definition) is 2. The number of carbonyl (C=O) groups excluding carboxylic acids is 2. The molecule has 0 radical (unpaired) electrons. The van der Waals surface area contributed by atoms with Crippen molar-refractivity contribution in [3.63, 3.8) is 0 Å². The van der Waals surface area contributed by atoms with Gasteiger partial charge in [0.15, 0.2) is 17.5 Å². The lowest BCUT2D eigenvalue weighted by Crippen LogP contribution is -2.34. The van der Waals surface area contributed by atoms with Crippen LogP contribution in [0.3, 0.4) is 0 Å². The van der Waals surface area contributed by atoms with Crippen LogP contribution in [0.15, 0.2) is 30.2 Å². The number of nitrogens with zero attached hydrogens (tertiary/aromatic N) is 5. The molecule has 0 aliphatic carbocycles. The Morgan fingerprint density at radius 1 is 0.638 bits per heavy atom. The molecule has 3 N–H and O–H groups in total. The van der Waals surface area contributed by atoms with Crippen molar-refractivity contribution in [3.8, 4) is 0 Å². The van der Waals surface area contributed by atoms with Crippen LogP contribution in [0.2, 0.25) is 0 Å². The smallest absolute Gasteiger partial charge is 0.415 e. The maximum absolute atomic E-state index is 11.8. The van der Waals surface area contributed by atoms with E-state index in [-0.39, 0.29) is 21.7 Å². The van der Waals surface area contributed by atoms with Crippen molar-refractivity contribution in [2.75, 3.05) is 23.0 Å². The van der Waals surface area contributed by atoms with Gasteiger partial charge in [-0.05, 0) is 61.8 Å². The number of anilines is 3. The van der Waals surface area contributed by atoms with Crippen LogP contribution < -0.4 is 16.0 Å². The van der Waals surface area contributed by atoms with Crippen LogP contribution in [0.4, 0.5) is 27.0 Å². The summed E-state index contributed by atoms with van der Waals surface area (Å²) in [5, 5.41) is 18.0. The SMILES string of the molecule is CCc1cc(C(C)(C)C)on1.CN(C(=O)OC(C)(C)C)c1cc(C(C)(C)C)on1.Cc1c(N)noc1C(C)(C)C.Cc1c(NC(=O)OC(C)(C)C)noc1C(C)(C)C. The fourth-order valence-electron chi connectivity index (χ4n) is 4.63. The number of amides is 2. The second-order valence-electron chi connectivity index (χ2n) is 20.3. The zero-order chi connectivity index (χ0) is 45.4. The van der Waals surface area contributed by atoms with E-state index < -0.39 is 23.4 Å². The molecule has 4 rings (SSSR count). The first-order valence-corrected chi connectivity index (χ1v) is 19.6. The van der Waals surface area contributed by atoms with Crippen LogP contribution >= 0.6 is 0 Å². The number of hydrogen-bond acceptors (Lipinski definition) is 13. The highest BCUT2D eigenvalue weighted by Gasteiger charge is 2.28. The van der Waals surface area contributed by atoms with Crippen molar-refractivity contribution in [2.45, 2.75) is 185 Å². The third kappa shape index (κ3) is 17.0. The van der Waals surface area contributed by atoms with Crippen LogP contribution in [-0.2, 0) is 37.6 Å². The van der Waals surface area contributed by atoms with Crippen LogP contribution in [0.5, 0.6) is 0 Å². The van der Waals surface area contributed by atoms with Gasteiger partial charge >= 0.3 is 12.2 Å². The van der Waals surface area contributed by atoms with E-state index in [1.165, 1.54) is 4.90 Å². The van der Waals surface area contributed by atoms with E-state index in [2.05, 4.69) is 74.4 Å². The summed E-state index contributed by atoms with van der Waals surface area (Å²) in [6, 6.07) is 3.78. The number of ether oxygens (including phenoxy) is 2. The molecule has 0 spiro atoms. The molecule has 4 aromatic rings. The lowest BCUT2D eigenvalue weighted by Gasteiger charge is -2.23. The second-order valence-corrected chi connectivity index (χ2v) is 20.3. The van der Waals surface area contributed by atoms with Crippen molar-refractivity contribution >= 4 is 29.6 Å². The second kappa shape index (κ2) is 19.3. The number of nitrogens with one attached hydrogen (secondary N) is 1. The Balaban J connectivity index is 0.000000397. The monoisotopic (exact) mass is 816 g/mol. The van der Waals surface area contributed by atoms with Gasteiger partial charge in [-0.2, -0.15) is 0 Å². The van der Waals surface area contributed by atoms with Gasteiger partial charge < -0.3 is 33.3 Å². The molecule has 328 valence electrons. The molecule has 15 nitrogen and oxygen atoms in total. The average Bonchev–Trinajstić information content (AvgIpc) is 3.83. The fraction of sp³-hybridized carbons (Fsp3) is 0.674. The van der Waals surface area contributed by atoms with Crippen molar-refractivity contribution in [2.24, 2.45) is 0 Å². The Morgan fingerprint density at radius 3 is 1.41 bits per heavy atom. The van der Waals surface area contributed by atoms with E-state index in [1.54, 1.807) is 13.1 Å². The Bertz CT molecular complexity index is 1890. The summed E-state index contributed by atoms with van der Waals surface area (Å²) in [7, 11) is 1.61. The first kappa shape index (κ1) is 51.2. The molecule has 0 bridgehead atoms. The molecule has 0 aliphatic rings. The normalized spacial score (nSPS) is 12.2. The zero-order valence-electron chi connectivity index (χ0n) is 39.4. The van der Waals surface area contributed by atoms with Gasteiger partial charge in [0.1, 0.15) is 34.2 Å². The molecule has 0 atom stereocenters. The molecule has 2 amide bonds. The highest BCUT2D eigenvalue weighted by molar-refractivity contribution is 5.86. The Morgan fingerprint density at radius 2 is 1.09 bits per heavy atom. The Kier molecular flexibility index (Phi) is 17.0. The molecule has 0 aliphatic heterocycles. The molecule has 4 aromatic heterocycles. The molecular formula is C43H73N7O8. The van der Waals surface area contributed by atoms with Gasteiger partial charge in [-0.15, -0.1) is 0 Å². The van der Waals surface area contributed by atoms with Crippen molar-refractivity contribution < 1.29 is 37.2 Å². The predicted octanol–water partition coefficient (Wildman–Crippen LogP) is 11.4. The summed E-state index contributed by atoms with van der Waals surface area (Å²) in [6.07, 6.45) is -0.0323. The molecule has 4 heterocycles. The van der Waals surface area contributed by atoms with E-state index in [0.717, 1.165) is 46.3 Å². The van der Waals surface area contributed by atoms with Gasteiger partial charge in [-0.3, -0.25) is 10.2 Å². The molecule has 0 fully saturated rings. The van der Waals surface area contributed by atoms with Gasteiger partial charge in [0, 0.05) is 52.0 Å². The maximum atomic E-state index is 11.8. The lowest BCUT2D eigenvalue weighted by molar-refractivity contribution is 0.0585. The van der Waals surface area contributed by atoms with E-state index in [4.69, 9.17) is 33.3 Å². The van der Waals surface area contributed by atoms with Gasteiger partial charge in [-0.1, -0.05) is 111 Å². The Hall–Kier alpha value is -4.82. The highest BCUT2D eigenvalue weighted by Crippen LogP contribution is 2.31. The minimum absolute atomic E-state index is 0.00525. The van der Waals surface area contributed by atoms with Crippen LogP contribution in [0.1, 0.15) is 171 Å². The molecule has 15 heteroatoms. The third-order valence-corrected chi connectivity index (χ3v) is 7.77. The summed E-state index contributed by atoms with van der Waals surface area (Å²) in [6.45, 7) is 41.4. The van der Waals surface area contributed by atoms with E-state index in [1.807, 2.05) is 103 Å².